The van der Waals surface area contributed by atoms with E-state index < -0.39 is 0 Å². The molecule has 0 N–H and O–H groups in total. The summed E-state index contributed by atoms with van der Waals surface area (Å²) in [6.07, 6.45) is 2.58. The summed E-state index contributed by atoms with van der Waals surface area (Å²) in [5.74, 6) is 1.12. The van der Waals surface area contributed by atoms with Gasteiger partial charge in [-0.1, -0.05) is 64.5 Å². The predicted molar refractivity (Wildman–Crippen MR) is 120 cm³/mol. The highest BCUT2D eigenvalue weighted by Crippen LogP contribution is 2.30. The molecule has 0 radical (unpaired) electrons. The van der Waals surface area contributed by atoms with E-state index in [1.54, 1.807) is 6.20 Å². The largest absolute Gasteiger partial charge is 0.436 e. The summed E-state index contributed by atoms with van der Waals surface area (Å²) in [7, 11) is 0. The quantitative estimate of drug-likeness (QED) is 0.379. The second-order valence-corrected chi connectivity index (χ2v) is 8.25. The van der Waals surface area contributed by atoms with Crippen molar-refractivity contribution >= 4 is 21.8 Å². The van der Waals surface area contributed by atoms with Gasteiger partial charge in [0.1, 0.15) is 0 Å². The van der Waals surface area contributed by atoms with Crippen molar-refractivity contribution in [1.29, 1.82) is 0 Å². The first-order valence-electron chi connectivity index (χ1n) is 9.86. The lowest BCUT2D eigenvalue weighted by molar-refractivity contribution is 0.0735. The fourth-order valence-corrected chi connectivity index (χ4v) is 4.27. The maximum Gasteiger partial charge on any atom is 0.254 e. The third-order valence-electron chi connectivity index (χ3n) is 5.42. The molecular formula is C25H19BrN2O2. The summed E-state index contributed by atoms with van der Waals surface area (Å²) in [5.41, 5.74) is 4.78. The fourth-order valence-electron chi connectivity index (χ4n) is 3.87. The lowest BCUT2D eigenvalue weighted by atomic mass is 9.98. The zero-order chi connectivity index (χ0) is 20.5. The van der Waals surface area contributed by atoms with Gasteiger partial charge < -0.3 is 9.32 Å². The third-order valence-corrected chi connectivity index (χ3v) is 5.91. The third kappa shape index (κ3) is 3.57. The number of amides is 1. The number of fused-ring (bicyclic) bond motifs is 1. The maximum atomic E-state index is 13.4. The second-order valence-electron chi connectivity index (χ2n) is 7.33. The average Bonchev–Trinajstić information content (AvgIpc) is 3.28. The maximum absolute atomic E-state index is 13.4. The Hall–Kier alpha value is -3.18. The van der Waals surface area contributed by atoms with E-state index >= 15 is 0 Å². The van der Waals surface area contributed by atoms with Gasteiger partial charge in [-0.2, -0.15) is 0 Å². The van der Waals surface area contributed by atoms with Crippen LogP contribution in [0.1, 0.15) is 21.5 Å². The minimum absolute atomic E-state index is 0.00214. The summed E-state index contributed by atoms with van der Waals surface area (Å²) in [6, 6.07) is 23.7. The van der Waals surface area contributed by atoms with Crippen molar-refractivity contribution in [2.24, 2.45) is 0 Å². The van der Waals surface area contributed by atoms with Crippen molar-refractivity contribution in [2.75, 3.05) is 6.54 Å². The molecule has 5 heteroatoms. The smallest absolute Gasteiger partial charge is 0.254 e. The van der Waals surface area contributed by atoms with E-state index in [2.05, 4.69) is 39.1 Å². The van der Waals surface area contributed by atoms with Gasteiger partial charge >= 0.3 is 0 Å². The normalized spacial score (nSPS) is 13.2. The molecule has 0 aliphatic carbocycles. The summed E-state index contributed by atoms with van der Waals surface area (Å²) < 4.78 is 7.01. The van der Waals surface area contributed by atoms with Gasteiger partial charge in [0.15, 0.2) is 5.76 Å². The second kappa shape index (κ2) is 7.92. The molecule has 0 saturated heterocycles. The van der Waals surface area contributed by atoms with Crippen molar-refractivity contribution in [3.63, 3.8) is 0 Å². The van der Waals surface area contributed by atoms with Crippen molar-refractivity contribution in [3.05, 3.63) is 100 Å². The van der Waals surface area contributed by atoms with E-state index in [1.165, 1.54) is 11.1 Å². The molecule has 3 aromatic carbocycles. The average molecular weight is 459 g/mol. The number of oxazole rings is 1. The van der Waals surface area contributed by atoms with Gasteiger partial charge in [-0.3, -0.25) is 4.79 Å². The van der Waals surface area contributed by atoms with Crippen LogP contribution in [0.3, 0.4) is 0 Å². The van der Waals surface area contributed by atoms with E-state index in [-0.39, 0.29) is 5.91 Å². The zero-order valence-corrected chi connectivity index (χ0v) is 17.8. The Labute approximate surface area is 183 Å². The zero-order valence-electron chi connectivity index (χ0n) is 16.2. The molecule has 0 saturated carbocycles. The highest BCUT2D eigenvalue weighted by Gasteiger charge is 2.25. The van der Waals surface area contributed by atoms with Crippen molar-refractivity contribution in [3.8, 4) is 22.8 Å². The van der Waals surface area contributed by atoms with E-state index in [0.29, 0.717) is 35.9 Å². The van der Waals surface area contributed by atoms with Crippen LogP contribution in [0.2, 0.25) is 0 Å². The molecule has 0 bridgehead atoms. The van der Waals surface area contributed by atoms with Crippen molar-refractivity contribution < 1.29 is 9.21 Å². The van der Waals surface area contributed by atoms with Gasteiger partial charge in [-0.05, 0) is 41.8 Å². The Balaban J connectivity index is 1.46. The molecule has 2 heterocycles. The van der Waals surface area contributed by atoms with Crippen LogP contribution < -0.4 is 0 Å². The van der Waals surface area contributed by atoms with Crippen LogP contribution in [-0.4, -0.2) is 22.3 Å². The summed E-state index contributed by atoms with van der Waals surface area (Å²) >= 11 is 3.49. The van der Waals surface area contributed by atoms with E-state index in [1.807, 2.05) is 59.5 Å². The van der Waals surface area contributed by atoms with Crippen LogP contribution in [0.25, 0.3) is 22.8 Å². The van der Waals surface area contributed by atoms with E-state index in [9.17, 15) is 4.79 Å². The van der Waals surface area contributed by atoms with Gasteiger partial charge in [-0.25, -0.2) is 4.98 Å². The highest BCUT2D eigenvalue weighted by molar-refractivity contribution is 9.10. The lowest BCUT2D eigenvalue weighted by Crippen LogP contribution is -2.36. The lowest BCUT2D eigenvalue weighted by Gasteiger charge is -2.29. The Bertz CT molecular complexity index is 1230. The molecule has 4 aromatic rings. The number of rotatable bonds is 3. The first-order chi connectivity index (χ1) is 14.7. The van der Waals surface area contributed by atoms with Gasteiger partial charge in [0.05, 0.1) is 11.8 Å². The fraction of sp³-hybridized carbons (Fsp3) is 0.120. The number of halogens is 1. The van der Waals surface area contributed by atoms with Crippen LogP contribution in [0, 0.1) is 0 Å². The SMILES string of the molecule is O=C(c1ccccc1-c1ncc(-c2cccc(Br)c2)o1)N1CCc2ccccc2C1. The van der Waals surface area contributed by atoms with Crippen LogP contribution in [0.15, 0.2) is 87.9 Å². The number of nitrogens with zero attached hydrogens (tertiary/aromatic N) is 2. The van der Waals surface area contributed by atoms with Gasteiger partial charge in [0.2, 0.25) is 5.89 Å². The Kier molecular flexibility index (Phi) is 4.97. The summed E-state index contributed by atoms with van der Waals surface area (Å²) in [6.45, 7) is 1.33. The molecule has 1 aliphatic rings. The number of aromatic nitrogens is 1. The molecule has 0 unspecified atom stereocenters. The monoisotopic (exact) mass is 458 g/mol. The number of hydrogen-bond acceptors (Lipinski definition) is 3. The minimum Gasteiger partial charge on any atom is -0.436 e. The van der Waals surface area contributed by atoms with Gasteiger partial charge in [-0.15, -0.1) is 0 Å². The molecule has 1 aliphatic heterocycles. The molecule has 1 aromatic heterocycles. The van der Waals surface area contributed by atoms with Crippen LogP contribution in [0.5, 0.6) is 0 Å². The first kappa shape index (κ1) is 18.8. The van der Waals surface area contributed by atoms with Crippen LogP contribution in [0.4, 0.5) is 0 Å². The minimum atomic E-state index is 0.00214. The number of carbonyl (C=O) groups excluding carboxylic acids is 1. The molecule has 148 valence electrons. The summed E-state index contributed by atoms with van der Waals surface area (Å²) in [4.78, 5) is 19.7. The van der Waals surface area contributed by atoms with Gasteiger partial charge in [0, 0.05) is 28.7 Å². The van der Waals surface area contributed by atoms with Crippen molar-refractivity contribution in [2.45, 2.75) is 13.0 Å². The van der Waals surface area contributed by atoms with Crippen LogP contribution in [-0.2, 0) is 13.0 Å². The Morgan fingerprint density at radius 1 is 0.967 bits per heavy atom. The predicted octanol–water partition coefficient (Wildman–Crippen LogP) is 5.97. The number of carbonyl (C=O) groups is 1. The molecule has 4 nitrogen and oxygen atoms in total. The number of benzene rings is 3. The molecule has 0 atom stereocenters. The van der Waals surface area contributed by atoms with E-state index in [0.717, 1.165) is 16.5 Å². The van der Waals surface area contributed by atoms with Crippen LogP contribution >= 0.6 is 15.9 Å². The highest BCUT2D eigenvalue weighted by atomic mass is 79.9. The van der Waals surface area contributed by atoms with E-state index in [4.69, 9.17) is 4.42 Å². The standard InChI is InChI=1S/C25H19BrN2O2/c26-20-9-5-8-18(14-20)23-15-27-24(30-23)21-10-3-4-11-22(21)25(29)28-13-12-17-6-1-2-7-19(17)16-28/h1-11,14-15H,12-13,16H2. The van der Waals surface area contributed by atoms with Crippen molar-refractivity contribution in [1.82, 2.24) is 9.88 Å². The molecule has 5 rings (SSSR count). The molecule has 30 heavy (non-hydrogen) atoms. The summed E-state index contributed by atoms with van der Waals surface area (Å²) in [5, 5.41) is 0. The number of hydrogen-bond donors (Lipinski definition) is 0. The Morgan fingerprint density at radius 2 is 1.77 bits per heavy atom. The first-order valence-corrected chi connectivity index (χ1v) is 10.7. The molecule has 1 amide bonds. The molecule has 0 fully saturated rings. The van der Waals surface area contributed by atoms with Gasteiger partial charge in [0.25, 0.3) is 5.91 Å². The topological polar surface area (TPSA) is 46.3 Å². The Morgan fingerprint density at radius 3 is 2.63 bits per heavy atom. The molecular weight excluding hydrogens is 440 g/mol. The molecule has 0 spiro atoms.